The van der Waals surface area contributed by atoms with E-state index in [0.717, 1.165) is 74.6 Å². The van der Waals surface area contributed by atoms with Crippen molar-refractivity contribution in [2.24, 2.45) is 17.6 Å². The molecule has 0 aromatic heterocycles. The molecule has 25 nitrogen and oxygen atoms in total. The van der Waals surface area contributed by atoms with Gasteiger partial charge in [-0.1, -0.05) is 77.8 Å². The zero-order chi connectivity index (χ0) is 55.8. The number of aliphatic hydroxyl groups excluding tert-OH is 8. The first-order valence-corrected chi connectivity index (χ1v) is 26.0. The highest BCUT2D eigenvalue weighted by molar-refractivity contribution is 5.98. The van der Waals surface area contributed by atoms with Gasteiger partial charge in [-0.3, -0.25) is 38.4 Å². The fourth-order valence-corrected chi connectivity index (χ4v) is 9.79. The van der Waals surface area contributed by atoms with Crippen molar-refractivity contribution in [2.45, 2.75) is 203 Å². The van der Waals surface area contributed by atoms with Gasteiger partial charge in [0.25, 0.3) is 0 Å². The highest BCUT2D eigenvalue weighted by atomic mass is 16.4. The van der Waals surface area contributed by atoms with Crippen LogP contribution in [0.1, 0.15) is 129 Å². The number of amides is 8. The monoisotopic (exact) mass is 1070 g/mol. The molecule has 75 heavy (non-hydrogen) atoms. The molecule has 0 aliphatic carbocycles. The van der Waals surface area contributed by atoms with Crippen LogP contribution in [0.5, 0.6) is 5.75 Å². The summed E-state index contributed by atoms with van der Waals surface area (Å²) < 4.78 is 0. The van der Waals surface area contributed by atoms with Crippen molar-refractivity contribution >= 4 is 47.3 Å². The Morgan fingerprint density at radius 2 is 1.32 bits per heavy atom. The largest absolute Gasteiger partial charge is 0.508 e. The van der Waals surface area contributed by atoms with Crippen molar-refractivity contribution in [1.29, 1.82) is 0 Å². The first kappa shape index (κ1) is 62.0. The van der Waals surface area contributed by atoms with Crippen LogP contribution in [0.15, 0.2) is 24.3 Å². The van der Waals surface area contributed by atoms with Crippen LogP contribution in [0.4, 0.5) is 0 Å². The molecule has 0 spiro atoms. The number of nitrogens with one attached hydrogen (secondary N) is 5. The molecular formula is C50H80N8O17. The average Bonchev–Trinajstić information content (AvgIpc) is 3.95. The minimum absolute atomic E-state index is 0.0795. The van der Waals surface area contributed by atoms with Gasteiger partial charge in [0, 0.05) is 32.4 Å². The molecule has 16 atom stereocenters. The third kappa shape index (κ3) is 17.8. The lowest BCUT2D eigenvalue weighted by atomic mass is 9.91. The number of aromatic hydroxyl groups is 1. The van der Waals surface area contributed by atoms with Crippen LogP contribution >= 0.6 is 0 Å². The molecule has 3 heterocycles. The standard InChI is InChI=1S/C50H80N8O17/c1-5-25(2)20-26(3)12-10-8-6-7-9-11-13-37(66)52-31-22-35(64)46(71)56-48(73)41-33(62)18-19-57(41)50(75)39(34(63)23-36(51)65)54-47(72)40(43(68)42(67)28-14-16-29(60)17-15-28)55-45(70)32-21-30(61)24-58(32)49(74)38(27(4)59)53-44(31)69/h14-17,25-27,30-35,38-43,46,59-64,67-68,71H,5-13,18-24H2,1-4H3,(H2,51,65)(H,52,66)(H,53,69)(H,54,72)(H,55,70)(H,56,73)/i48+1. The van der Waals surface area contributed by atoms with Crippen molar-refractivity contribution in [3.63, 3.8) is 0 Å². The normalized spacial score (nSPS) is 29.0. The second kappa shape index (κ2) is 29.1. The second-order valence-corrected chi connectivity index (χ2v) is 20.6. The van der Waals surface area contributed by atoms with Gasteiger partial charge >= 0.3 is 0 Å². The molecule has 1 aromatic carbocycles. The molecule has 3 aliphatic heterocycles. The van der Waals surface area contributed by atoms with E-state index in [1.807, 2.05) is 0 Å². The quantitative estimate of drug-likeness (QED) is 0.0448. The molecule has 16 N–H and O–H groups in total. The van der Waals surface area contributed by atoms with Crippen LogP contribution in [0, 0.1) is 11.8 Å². The van der Waals surface area contributed by atoms with Gasteiger partial charge in [-0.25, -0.2) is 0 Å². The molecule has 3 saturated heterocycles. The third-order valence-corrected chi connectivity index (χ3v) is 14.3. The SMILES string of the molecule is CCC(C)CC(C)CCCCCCCCC(=O)NC1CC(O)C(O)N[13C](=O)C2C(O)CCN2C(=O)C(C(O)CC(N)=O)NC(=O)C(C(O)C(O)c2ccc(O)cc2)NC(=O)C2CC(O)CN2C(=O)C(C(C)O)NC1=O. The van der Waals surface area contributed by atoms with Crippen LogP contribution in [0.25, 0.3) is 0 Å². The number of carbonyl (C=O) groups is 8. The van der Waals surface area contributed by atoms with Gasteiger partial charge < -0.3 is 88.1 Å². The van der Waals surface area contributed by atoms with E-state index in [1.165, 1.54) is 6.42 Å². The van der Waals surface area contributed by atoms with Gasteiger partial charge in [0.2, 0.25) is 47.3 Å². The maximum absolute atomic E-state index is 14.4. The van der Waals surface area contributed by atoms with E-state index in [4.69, 9.17) is 5.73 Å². The lowest BCUT2D eigenvalue weighted by Crippen LogP contribution is -2.64. The highest BCUT2D eigenvalue weighted by Crippen LogP contribution is 2.27. The number of aliphatic hydroxyl groups is 8. The van der Waals surface area contributed by atoms with Crippen LogP contribution in [0.2, 0.25) is 0 Å². The van der Waals surface area contributed by atoms with E-state index in [0.29, 0.717) is 29.6 Å². The summed E-state index contributed by atoms with van der Waals surface area (Å²) in [6, 6.07) is -7.37. The number of primary amides is 1. The number of phenolic OH excluding ortho intramolecular Hbond substituents is 1. The van der Waals surface area contributed by atoms with Gasteiger partial charge in [-0.05, 0) is 55.7 Å². The molecule has 0 saturated carbocycles. The number of carbonyl (C=O) groups excluding carboxylic acids is 8. The summed E-state index contributed by atoms with van der Waals surface area (Å²) in [5.74, 6) is -8.59. The van der Waals surface area contributed by atoms with Crippen LogP contribution < -0.4 is 32.3 Å². The minimum atomic E-state index is -2.36. The van der Waals surface area contributed by atoms with Gasteiger partial charge in [0.1, 0.15) is 60.3 Å². The number of hydrogen-bond donors (Lipinski definition) is 15. The number of unbranched alkanes of at least 4 members (excludes halogenated alkanes) is 5. The molecule has 0 radical (unpaired) electrons. The number of nitrogens with zero attached hydrogens (tertiary/aromatic N) is 2. The number of rotatable bonds is 20. The minimum Gasteiger partial charge on any atom is -0.508 e. The predicted octanol–water partition coefficient (Wildman–Crippen LogP) is -3.34. The third-order valence-electron chi connectivity index (χ3n) is 14.3. The Morgan fingerprint density at radius 1 is 0.720 bits per heavy atom. The molecular weight excluding hydrogens is 986 g/mol. The van der Waals surface area contributed by atoms with Gasteiger partial charge in [-0.15, -0.1) is 0 Å². The summed E-state index contributed by atoms with van der Waals surface area (Å²) in [5.41, 5.74) is 5.21. The van der Waals surface area contributed by atoms with Crippen LogP contribution in [0.3, 0.4) is 0 Å². The molecule has 0 bridgehead atoms. The summed E-state index contributed by atoms with van der Waals surface area (Å²) in [6.45, 7) is 6.76. The van der Waals surface area contributed by atoms with E-state index in [1.54, 1.807) is 0 Å². The summed E-state index contributed by atoms with van der Waals surface area (Å²) in [5, 5.41) is 110. The van der Waals surface area contributed by atoms with E-state index in [2.05, 4.69) is 47.4 Å². The van der Waals surface area contributed by atoms with E-state index in [9.17, 15) is 84.3 Å². The molecule has 8 amide bonds. The number of nitrogens with two attached hydrogens (primary N) is 1. The molecule has 1 aromatic rings. The van der Waals surface area contributed by atoms with E-state index in [-0.39, 0.29) is 24.2 Å². The van der Waals surface area contributed by atoms with Crippen molar-refractivity contribution in [3.05, 3.63) is 29.8 Å². The van der Waals surface area contributed by atoms with Crippen molar-refractivity contribution in [2.75, 3.05) is 13.1 Å². The topological polar surface area (TPSA) is 411 Å². The summed E-state index contributed by atoms with van der Waals surface area (Å²) >= 11 is 0. The first-order valence-electron chi connectivity index (χ1n) is 26.0. The Labute approximate surface area is 436 Å². The van der Waals surface area contributed by atoms with Gasteiger partial charge in [0.15, 0.2) is 6.23 Å². The Hall–Kier alpha value is -5.54. The summed E-state index contributed by atoms with van der Waals surface area (Å²) in [6.07, 6.45) is -10.2. The van der Waals surface area contributed by atoms with Gasteiger partial charge in [0.05, 0.1) is 30.8 Å². The number of fused-ring (bicyclic) bond motifs is 2. The Morgan fingerprint density at radius 3 is 1.95 bits per heavy atom. The van der Waals surface area contributed by atoms with Crippen LogP contribution in [-0.4, -0.2) is 195 Å². The molecule has 422 valence electrons. The van der Waals surface area contributed by atoms with Crippen molar-refractivity contribution in [3.8, 4) is 5.75 Å². The fourth-order valence-electron chi connectivity index (χ4n) is 9.79. The molecule has 4 rings (SSSR count). The van der Waals surface area contributed by atoms with E-state index >= 15 is 0 Å². The van der Waals surface area contributed by atoms with E-state index < -0.39 is 165 Å². The van der Waals surface area contributed by atoms with Crippen LogP contribution in [-0.2, 0) is 38.4 Å². The number of phenols is 1. The second-order valence-electron chi connectivity index (χ2n) is 20.6. The summed E-state index contributed by atoms with van der Waals surface area (Å²) in [7, 11) is 0. The van der Waals surface area contributed by atoms with Gasteiger partial charge in [-0.2, -0.15) is 0 Å². The Kier molecular flexibility index (Phi) is 24.1. The summed E-state index contributed by atoms with van der Waals surface area (Å²) in [4.78, 5) is 112. The number of benzene rings is 1. The fraction of sp³-hybridized carbons (Fsp3) is 0.720. The Balaban J connectivity index is 1.69. The number of hydrogen-bond acceptors (Lipinski definition) is 17. The molecule has 25 heteroatoms. The lowest BCUT2D eigenvalue weighted by Gasteiger charge is -2.34. The smallest absolute Gasteiger partial charge is 0.248 e. The Bertz CT molecular complexity index is 2100. The molecule has 3 aliphatic rings. The maximum Gasteiger partial charge on any atom is 0.248 e. The highest BCUT2D eigenvalue weighted by Gasteiger charge is 2.49. The van der Waals surface area contributed by atoms with Crippen molar-refractivity contribution < 1.29 is 84.3 Å². The van der Waals surface area contributed by atoms with Crippen molar-refractivity contribution in [1.82, 2.24) is 36.4 Å². The average molecular weight is 1070 g/mol. The predicted molar refractivity (Wildman–Crippen MR) is 265 cm³/mol. The zero-order valence-electron chi connectivity index (χ0n) is 43.1. The zero-order valence-corrected chi connectivity index (χ0v) is 43.1. The molecule has 16 unspecified atom stereocenters. The first-order chi connectivity index (χ1) is 35.3. The maximum atomic E-state index is 14.4. The lowest BCUT2D eigenvalue weighted by molar-refractivity contribution is -0.149. The molecule has 3 fully saturated rings.